The summed E-state index contributed by atoms with van der Waals surface area (Å²) >= 11 is 3.57. The first-order chi connectivity index (χ1) is 17.9. The minimum atomic E-state index is -0.483. The normalized spacial score (nSPS) is 11.0. The first-order valence-electron chi connectivity index (χ1n) is 11.6. The molecule has 4 aromatic rings. The number of hydrogen-bond acceptors (Lipinski definition) is 6. The molecule has 8 nitrogen and oxygen atoms in total. The van der Waals surface area contributed by atoms with E-state index in [4.69, 9.17) is 9.47 Å². The number of amides is 1. The van der Waals surface area contributed by atoms with Gasteiger partial charge in [-0.2, -0.15) is 5.10 Å². The maximum absolute atomic E-state index is 12.2. The number of rotatable bonds is 10. The third-order valence-electron chi connectivity index (χ3n) is 5.50. The number of nitrogens with one attached hydrogen (secondary N) is 1. The predicted octanol–water partition coefficient (Wildman–Crippen LogP) is 6.18. The van der Waals surface area contributed by atoms with Gasteiger partial charge in [-0.1, -0.05) is 54.6 Å². The smallest absolute Gasteiger partial charge is 0.269 e. The molecule has 9 heteroatoms. The van der Waals surface area contributed by atoms with E-state index in [1.807, 2.05) is 37.3 Å². The van der Waals surface area contributed by atoms with Gasteiger partial charge in [0.2, 0.25) is 5.91 Å². The summed E-state index contributed by atoms with van der Waals surface area (Å²) < 4.78 is 12.7. The number of hydrogen-bond donors (Lipinski definition) is 1. The van der Waals surface area contributed by atoms with Gasteiger partial charge in [-0.25, -0.2) is 5.43 Å². The van der Waals surface area contributed by atoms with Crippen molar-refractivity contribution in [2.45, 2.75) is 20.0 Å². The van der Waals surface area contributed by atoms with Crippen molar-refractivity contribution in [1.82, 2.24) is 5.43 Å². The van der Waals surface area contributed by atoms with Crippen molar-refractivity contribution < 1.29 is 19.2 Å². The van der Waals surface area contributed by atoms with Crippen molar-refractivity contribution in [3.05, 3.63) is 110 Å². The summed E-state index contributed by atoms with van der Waals surface area (Å²) in [7, 11) is 0. The van der Waals surface area contributed by atoms with Crippen LogP contribution in [-0.2, 0) is 17.8 Å². The molecule has 0 bridgehead atoms. The van der Waals surface area contributed by atoms with E-state index in [0.717, 1.165) is 16.3 Å². The van der Waals surface area contributed by atoms with Crippen molar-refractivity contribution in [2.75, 3.05) is 6.61 Å². The molecule has 4 rings (SSSR count). The van der Waals surface area contributed by atoms with Crippen LogP contribution in [0.5, 0.6) is 11.5 Å². The number of nitro benzene ring substituents is 1. The molecule has 0 saturated carbocycles. The Balaban J connectivity index is 1.43. The number of hydrazone groups is 1. The molecule has 0 aliphatic rings. The molecule has 0 aromatic heterocycles. The van der Waals surface area contributed by atoms with Crippen LogP contribution in [0.4, 0.5) is 5.69 Å². The lowest BCUT2D eigenvalue weighted by atomic mass is 10.1. The van der Waals surface area contributed by atoms with E-state index >= 15 is 0 Å². The van der Waals surface area contributed by atoms with Gasteiger partial charge in [0.15, 0.2) is 11.5 Å². The SMILES string of the molecule is CCOc1cc(/C=N\NC(=O)Cc2ccc([N+](=O)[O-])cc2)cc(Br)c1OCc1cccc2ccccc12. The number of fused-ring (bicyclic) bond motifs is 1. The zero-order valence-electron chi connectivity index (χ0n) is 20.0. The molecule has 0 aliphatic heterocycles. The second-order valence-electron chi connectivity index (χ2n) is 8.08. The molecule has 37 heavy (non-hydrogen) atoms. The summed E-state index contributed by atoms with van der Waals surface area (Å²) in [5, 5.41) is 17.1. The van der Waals surface area contributed by atoms with Gasteiger partial charge in [-0.05, 0) is 62.4 Å². The molecule has 0 fully saturated rings. The van der Waals surface area contributed by atoms with Gasteiger partial charge in [-0.3, -0.25) is 14.9 Å². The molecule has 0 heterocycles. The molecule has 0 unspecified atom stereocenters. The number of benzene rings is 4. The Morgan fingerprint density at radius 3 is 2.57 bits per heavy atom. The van der Waals surface area contributed by atoms with E-state index in [1.54, 1.807) is 18.2 Å². The van der Waals surface area contributed by atoms with Crippen molar-refractivity contribution in [3.63, 3.8) is 0 Å². The van der Waals surface area contributed by atoms with Crippen molar-refractivity contribution in [1.29, 1.82) is 0 Å². The Bertz CT molecular complexity index is 1450. The van der Waals surface area contributed by atoms with Crippen molar-refractivity contribution in [2.24, 2.45) is 5.10 Å². The lowest BCUT2D eigenvalue weighted by Gasteiger charge is -2.15. The highest BCUT2D eigenvalue weighted by molar-refractivity contribution is 9.10. The topological polar surface area (TPSA) is 103 Å². The Morgan fingerprint density at radius 1 is 1.05 bits per heavy atom. The minimum absolute atomic E-state index is 0.0256. The average Bonchev–Trinajstić information content (AvgIpc) is 2.89. The first-order valence-corrected chi connectivity index (χ1v) is 12.3. The third-order valence-corrected chi connectivity index (χ3v) is 6.09. The monoisotopic (exact) mass is 561 g/mol. The van der Waals surface area contributed by atoms with E-state index in [2.05, 4.69) is 44.7 Å². The molecular formula is C28H24BrN3O5. The number of carbonyl (C=O) groups is 1. The first kappa shape index (κ1) is 25.8. The quantitative estimate of drug-likeness (QED) is 0.141. The fourth-order valence-electron chi connectivity index (χ4n) is 3.77. The highest BCUT2D eigenvalue weighted by Gasteiger charge is 2.13. The molecule has 0 radical (unpaired) electrons. The average molecular weight is 562 g/mol. The van der Waals surface area contributed by atoms with Crippen LogP contribution in [0.25, 0.3) is 10.8 Å². The van der Waals surface area contributed by atoms with Crippen LogP contribution < -0.4 is 14.9 Å². The predicted molar refractivity (Wildman–Crippen MR) is 146 cm³/mol. The van der Waals surface area contributed by atoms with Gasteiger partial charge in [-0.15, -0.1) is 0 Å². The Kier molecular flexibility index (Phi) is 8.48. The van der Waals surface area contributed by atoms with Crippen LogP contribution in [0.2, 0.25) is 0 Å². The van der Waals surface area contributed by atoms with E-state index in [0.29, 0.717) is 40.3 Å². The summed E-state index contributed by atoms with van der Waals surface area (Å²) in [4.78, 5) is 22.5. The van der Waals surface area contributed by atoms with Gasteiger partial charge < -0.3 is 9.47 Å². The van der Waals surface area contributed by atoms with Gasteiger partial charge in [0.1, 0.15) is 6.61 Å². The fraction of sp³-hybridized carbons (Fsp3) is 0.143. The Morgan fingerprint density at radius 2 is 1.81 bits per heavy atom. The van der Waals surface area contributed by atoms with Crippen LogP contribution in [0.3, 0.4) is 0 Å². The summed E-state index contributed by atoms with van der Waals surface area (Å²) in [5.74, 6) is 0.786. The van der Waals surface area contributed by atoms with Gasteiger partial charge in [0.25, 0.3) is 5.69 Å². The van der Waals surface area contributed by atoms with E-state index in [9.17, 15) is 14.9 Å². The van der Waals surface area contributed by atoms with Gasteiger partial charge >= 0.3 is 0 Å². The second kappa shape index (κ2) is 12.1. The lowest BCUT2D eigenvalue weighted by Crippen LogP contribution is -2.19. The number of halogens is 1. The zero-order valence-corrected chi connectivity index (χ0v) is 21.6. The van der Waals surface area contributed by atoms with Crippen molar-refractivity contribution in [3.8, 4) is 11.5 Å². The maximum Gasteiger partial charge on any atom is 0.269 e. The largest absolute Gasteiger partial charge is 0.490 e. The molecule has 188 valence electrons. The van der Waals surface area contributed by atoms with Crippen molar-refractivity contribution >= 4 is 44.5 Å². The highest BCUT2D eigenvalue weighted by atomic mass is 79.9. The number of nitrogens with zero attached hydrogens (tertiary/aromatic N) is 2. The summed E-state index contributed by atoms with van der Waals surface area (Å²) in [6, 6.07) is 23.7. The molecule has 1 N–H and O–H groups in total. The van der Waals surface area contributed by atoms with Gasteiger partial charge in [0, 0.05) is 12.1 Å². The number of carbonyl (C=O) groups excluding carboxylic acids is 1. The molecule has 4 aromatic carbocycles. The van der Waals surface area contributed by atoms with Crippen LogP contribution >= 0.6 is 15.9 Å². The Hall–Kier alpha value is -4.24. The summed E-state index contributed by atoms with van der Waals surface area (Å²) in [6.07, 6.45) is 1.56. The Labute approximate surface area is 222 Å². The highest BCUT2D eigenvalue weighted by Crippen LogP contribution is 2.37. The molecule has 0 spiro atoms. The van der Waals surface area contributed by atoms with Crippen LogP contribution in [0.1, 0.15) is 23.6 Å². The van der Waals surface area contributed by atoms with E-state index in [-0.39, 0.29) is 18.0 Å². The lowest BCUT2D eigenvalue weighted by molar-refractivity contribution is -0.384. The molecule has 0 atom stereocenters. The second-order valence-corrected chi connectivity index (χ2v) is 8.94. The molecule has 0 saturated heterocycles. The fourth-order valence-corrected chi connectivity index (χ4v) is 4.35. The number of non-ortho nitro benzene ring substituents is 1. The van der Waals surface area contributed by atoms with Crippen LogP contribution in [0.15, 0.2) is 88.4 Å². The standard InChI is InChI=1S/C28H24BrN3O5/c1-2-36-26-15-20(17-30-31-27(33)16-19-10-12-23(13-11-19)32(34)35)14-25(29)28(26)37-18-22-8-5-7-21-6-3-4-9-24(21)22/h3-15,17H,2,16,18H2,1H3,(H,31,33)/b30-17-. The molecular weight excluding hydrogens is 538 g/mol. The molecule has 1 amide bonds. The van der Waals surface area contributed by atoms with E-state index in [1.165, 1.54) is 18.3 Å². The zero-order chi connectivity index (χ0) is 26.2. The minimum Gasteiger partial charge on any atom is -0.490 e. The summed E-state index contributed by atoms with van der Waals surface area (Å²) in [5.41, 5.74) is 4.86. The molecule has 0 aliphatic carbocycles. The summed E-state index contributed by atoms with van der Waals surface area (Å²) in [6.45, 7) is 2.71. The van der Waals surface area contributed by atoms with E-state index < -0.39 is 4.92 Å². The number of ether oxygens (including phenoxy) is 2. The third kappa shape index (κ3) is 6.71. The maximum atomic E-state index is 12.2. The van der Waals surface area contributed by atoms with Gasteiger partial charge in [0.05, 0.1) is 28.6 Å². The van der Waals surface area contributed by atoms with Crippen LogP contribution in [0, 0.1) is 10.1 Å². The van der Waals surface area contributed by atoms with Crippen LogP contribution in [-0.4, -0.2) is 23.7 Å². The number of nitro groups is 1.